The molecule has 198 valence electrons. The molecule has 0 atom stereocenters. The number of halogens is 7. The number of ether oxygens (including phenoxy) is 1. The number of phenols is 1. The molecular weight excluding hydrogens is 558 g/mol. The van der Waals surface area contributed by atoms with Crippen LogP contribution in [0.5, 0.6) is 17.2 Å². The molecule has 3 aromatic carbocycles. The van der Waals surface area contributed by atoms with Gasteiger partial charge in [0.15, 0.2) is 0 Å². The number of anilines is 1. The highest BCUT2D eigenvalue weighted by Gasteiger charge is 2.32. The van der Waals surface area contributed by atoms with Crippen molar-refractivity contribution in [1.29, 1.82) is 0 Å². The lowest BCUT2D eigenvalue weighted by atomic mass is 10.1. The molecule has 0 radical (unpaired) electrons. The van der Waals surface area contributed by atoms with Gasteiger partial charge in [0.05, 0.1) is 21.2 Å². The van der Waals surface area contributed by atoms with Crippen molar-refractivity contribution >= 4 is 34.8 Å². The fourth-order valence-corrected chi connectivity index (χ4v) is 3.22. The average Bonchev–Trinajstić information content (AvgIpc) is 2.83. The largest absolute Gasteiger partial charge is 0.506 e. The summed E-state index contributed by atoms with van der Waals surface area (Å²) in [6.45, 7) is 0. The van der Waals surface area contributed by atoms with Gasteiger partial charge < -0.3 is 20.1 Å². The SMILES string of the molecule is O=C(Nc1cc[nH]c(=O)c1)c1cc(C(F)(F)F)ccc1Oc1ccc(F)cc1Cl.Oc1ccc(F)cc1Cl. The second kappa shape index (κ2) is 12.0. The minimum Gasteiger partial charge on any atom is -0.506 e. The first-order valence-corrected chi connectivity index (χ1v) is 11.1. The van der Waals surface area contributed by atoms with Crippen LogP contribution in [0.3, 0.4) is 0 Å². The summed E-state index contributed by atoms with van der Waals surface area (Å²) in [7, 11) is 0. The van der Waals surface area contributed by atoms with Crippen molar-refractivity contribution in [3.63, 3.8) is 0 Å². The Labute approximate surface area is 221 Å². The van der Waals surface area contributed by atoms with Crippen molar-refractivity contribution in [3.05, 3.63) is 116 Å². The lowest BCUT2D eigenvalue weighted by Gasteiger charge is -2.15. The lowest BCUT2D eigenvalue weighted by Crippen LogP contribution is -2.16. The van der Waals surface area contributed by atoms with E-state index in [0.29, 0.717) is 6.07 Å². The van der Waals surface area contributed by atoms with E-state index in [1.165, 1.54) is 24.4 Å². The number of hydrogen-bond acceptors (Lipinski definition) is 4. The van der Waals surface area contributed by atoms with E-state index in [1.807, 2.05) is 0 Å². The van der Waals surface area contributed by atoms with Crippen molar-refractivity contribution in [2.45, 2.75) is 6.18 Å². The smallest absolute Gasteiger partial charge is 0.416 e. The van der Waals surface area contributed by atoms with Crippen molar-refractivity contribution < 1.29 is 36.6 Å². The molecule has 38 heavy (non-hydrogen) atoms. The van der Waals surface area contributed by atoms with E-state index in [-0.39, 0.29) is 33.0 Å². The fraction of sp³-hybridized carbons (Fsp3) is 0.0400. The van der Waals surface area contributed by atoms with Gasteiger partial charge >= 0.3 is 6.18 Å². The van der Waals surface area contributed by atoms with Crippen molar-refractivity contribution in [1.82, 2.24) is 4.98 Å². The van der Waals surface area contributed by atoms with E-state index in [4.69, 9.17) is 33.0 Å². The third-order valence-electron chi connectivity index (χ3n) is 4.61. The predicted octanol–water partition coefficient (Wildman–Crippen LogP) is 7.42. The van der Waals surface area contributed by atoms with Gasteiger partial charge in [-0.3, -0.25) is 9.59 Å². The maximum Gasteiger partial charge on any atom is 0.416 e. The highest BCUT2D eigenvalue weighted by molar-refractivity contribution is 6.32. The maximum absolute atomic E-state index is 13.2. The molecule has 1 amide bonds. The van der Waals surface area contributed by atoms with Crippen LogP contribution < -0.4 is 15.6 Å². The number of rotatable bonds is 4. The molecule has 0 aliphatic heterocycles. The van der Waals surface area contributed by atoms with Gasteiger partial charge in [-0.1, -0.05) is 23.2 Å². The van der Waals surface area contributed by atoms with Gasteiger partial charge in [-0.2, -0.15) is 13.2 Å². The Morgan fingerprint density at radius 1 is 0.868 bits per heavy atom. The number of nitrogens with one attached hydrogen (secondary N) is 2. The first kappa shape index (κ1) is 28.5. The van der Waals surface area contributed by atoms with Crippen LogP contribution in [0.4, 0.5) is 27.6 Å². The van der Waals surface area contributed by atoms with Gasteiger partial charge in [0.25, 0.3) is 5.91 Å². The number of benzene rings is 3. The van der Waals surface area contributed by atoms with Crippen LogP contribution >= 0.6 is 23.2 Å². The Morgan fingerprint density at radius 3 is 2.08 bits per heavy atom. The number of pyridine rings is 1. The molecule has 0 aliphatic carbocycles. The van der Waals surface area contributed by atoms with Crippen LogP contribution in [0.1, 0.15) is 15.9 Å². The number of H-pyrrole nitrogens is 1. The summed E-state index contributed by atoms with van der Waals surface area (Å²) in [5, 5.41) is 11.0. The Balaban J connectivity index is 0.000000375. The number of aromatic amines is 1. The van der Waals surface area contributed by atoms with Crippen LogP contribution in [-0.2, 0) is 6.18 Å². The molecule has 4 rings (SSSR count). The summed E-state index contributed by atoms with van der Waals surface area (Å²) in [5.41, 5.74) is -1.98. The van der Waals surface area contributed by atoms with E-state index < -0.39 is 40.4 Å². The molecule has 0 fully saturated rings. The van der Waals surface area contributed by atoms with E-state index >= 15 is 0 Å². The highest BCUT2D eigenvalue weighted by Crippen LogP contribution is 2.36. The van der Waals surface area contributed by atoms with E-state index in [9.17, 15) is 31.5 Å². The molecule has 0 bridgehead atoms. The zero-order chi connectivity index (χ0) is 28.0. The Bertz CT molecular complexity index is 1530. The molecule has 0 saturated heterocycles. The third-order valence-corrected chi connectivity index (χ3v) is 5.21. The van der Waals surface area contributed by atoms with Gasteiger partial charge in [0, 0.05) is 18.0 Å². The van der Waals surface area contributed by atoms with Gasteiger partial charge in [0.1, 0.15) is 28.9 Å². The minimum atomic E-state index is -4.70. The van der Waals surface area contributed by atoms with Crippen LogP contribution in [0.15, 0.2) is 77.7 Å². The minimum absolute atomic E-state index is 0.0370. The second-order valence-electron chi connectivity index (χ2n) is 7.38. The Kier molecular flexibility index (Phi) is 8.97. The fourth-order valence-electron chi connectivity index (χ4n) is 2.85. The molecule has 0 spiro atoms. The number of phenolic OH excluding ortho intramolecular Hbond substituents is 1. The number of alkyl halides is 3. The van der Waals surface area contributed by atoms with E-state index in [1.54, 1.807) is 0 Å². The van der Waals surface area contributed by atoms with Crippen molar-refractivity contribution in [2.75, 3.05) is 5.32 Å². The standard InChI is InChI=1S/C19H11ClF4N2O3.C6H4ClFO/c20-14-8-11(21)2-4-16(14)29-15-3-1-10(19(22,23)24)7-13(15)18(28)26-12-5-6-25-17(27)9-12;7-5-3-4(8)1-2-6(5)9/h1-9H,(H2,25,26,27,28);1-3,9H. The summed E-state index contributed by atoms with van der Waals surface area (Å²) in [4.78, 5) is 26.3. The number of carbonyl (C=O) groups excluding carboxylic acids is 1. The Morgan fingerprint density at radius 2 is 1.50 bits per heavy atom. The van der Waals surface area contributed by atoms with E-state index in [2.05, 4.69) is 10.3 Å². The summed E-state index contributed by atoms with van der Waals surface area (Å²) in [6, 6.07) is 11.3. The summed E-state index contributed by atoms with van der Waals surface area (Å²) in [5.74, 6) is -2.43. The first-order valence-electron chi connectivity index (χ1n) is 10.3. The molecular formula is C25H15Cl2F5N2O4. The molecule has 1 aromatic heterocycles. The zero-order valence-corrected chi connectivity index (χ0v) is 20.3. The second-order valence-corrected chi connectivity index (χ2v) is 8.19. The van der Waals surface area contributed by atoms with Gasteiger partial charge in [-0.25, -0.2) is 8.78 Å². The molecule has 0 saturated carbocycles. The number of aromatic hydroxyl groups is 1. The van der Waals surface area contributed by atoms with Gasteiger partial charge in [0.2, 0.25) is 5.56 Å². The summed E-state index contributed by atoms with van der Waals surface area (Å²) < 4.78 is 70.1. The summed E-state index contributed by atoms with van der Waals surface area (Å²) in [6.07, 6.45) is -3.44. The summed E-state index contributed by atoms with van der Waals surface area (Å²) >= 11 is 11.2. The van der Waals surface area contributed by atoms with Crippen molar-refractivity contribution in [3.8, 4) is 17.2 Å². The van der Waals surface area contributed by atoms with E-state index in [0.717, 1.165) is 42.5 Å². The maximum atomic E-state index is 13.2. The topological polar surface area (TPSA) is 91.4 Å². The molecule has 0 unspecified atom stereocenters. The first-order chi connectivity index (χ1) is 17.8. The monoisotopic (exact) mass is 572 g/mol. The molecule has 4 aromatic rings. The van der Waals surface area contributed by atoms with Crippen LogP contribution in [-0.4, -0.2) is 16.0 Å². The number of hydrogen-bond donors (Lipinski definition) is 3. The highest BCUT2D eigenvalue weighted by atomic mass is 35.5. The molecule has 6 nitrogen and oxygen atoms in total. The number of aromatic nitrogens is 1. The van der Waals surface area contributed by atoms with Gasteiger partial charge in [-0.15, -0.1) is 0 Å². The molecule has 3 N–H and O–H groups in total. The quantitative estimate of drug-likeness (QED) is 0.222. The molecule has 0 aliphatic rings. The lowest BCUT2D eigenvalue weighted by molar-refractivity contribution is -0.137. The Hall–Kier alpha value is -4.09. The number of amides is 1. The predicted molar refractivity (Wildman–Crippen MR) is 131 cm³/mol. The normalized spacial score (nSPS) is 10.8. The molecule has 13 heteroatoms. The third kappa shape index (κ3) is 7.70. The zero-order valence-electron chi connectivity index (χ0n) is 18.7. The van der Waals surface area contributed by atoms with Crippen LogP contribution in [0.2, 0.25) is 10.0 Å². The van der Waals surface area contributed by atoms with Gasteiger partial charge in [-0.05, 0) is 60.7 Å². The number of carbonyl (C=O) groups is 1. The van der Waals surface area contributed by atoms with Crippen LogP contribution in [0, 0.1) is 11.6 Å². The average molecular weight is 573 g/mol. The van der Waals surface area contributed by atoms with Crippen LogP contribution in [0.25, 0.3) is 0 Å². The van der Waals surface area contributed by atoms with Crippen molar-refractivity contribution in [2.24, 2.45) is 0 Å². The molecule has 1 heterocycles.